The molecule has 1 aliphatic rings. The highest BCUT2D eigenvalue weighted by Crippen LogP contribution is 2.27. The first-order chi connectivity index (χ1) is 11.8. The van der Waals surface area contributed by atoms with E-state index in [1.807, 2.05) is 24.3 Å². The average Bonchev–Trinajstić information content (AvgIpc) is 2.63. The van der Waals surface area contributed by atoms with Gasteiger partial charge >= 0.3 is 0 Å². The molecule has 3 aromatic carbocycles. The molecule has 0 unspecified atom stereocenters. The largest absolute Gasteiger partial charge is 0.508 e. The molecule has 24 heavy (non-hydrogen) atoms. The molecule has 0 spiro atoms. The molecule has 3 aromatic rings. The number of hydrogen-bond acceptors (Lipinski definition) is 3. The number of hydrogen-bond donors (Lipinski definition) is 1. The lowest BCUT2D eigenvalue weighted by molar-refractivity contribution is 0.475. The Morgan fingerprint density at radius 2 is 1.33 bits per heavy atom. The maximum absolute atomic E-state index is 9.33. The molecule has 0 amide bonds. The van der Waals surface area contributed by atoms with Gasteiger partial charge in [-0.25, -0.2) is 0 Å². The lowest BCUT2D eigenvalue weighted by Crippen LogP contribution is -2.15. The fraction of sp³-hybridized carbons (Fsp3) is 0.0476. The van der Waals surface area contributed by atoms with Crippen molar-refractivity contribution in [2.24, 2.45) is 10.2 Å². The van der Waals surface area contributed by atoms with Crippen LogP contribution in [-0.2, 0) is 6.42 Å². The molecule has 0 saturated heterocycles. The minimum Gasteiger partial charge on any atom is -0.508 e. The lowest BCUT2D eigenvalue weighted by atomic mass is 9.85. The smallest absolute Gasteiger partial charge is 0.115 e. The monoisotopic (exact) mass is 312 g/mol. The summed E-state index contributed by atoms with van der Waals surface area (Å²) in [5.41, 5.74) is 6.62. The number of phenols is 1. The van der Waals surface area contributed by atoms with Crippen LogP contribution in [-0.4, -0.2) is 17.0 Å². The van der Waals surface area contributed by atoms with Gasteiger partial charge < -0.3 is 5.11 Å². The molecule has 116 valence electrons. The molecule has 3 nitrogen and oxygen atoms in total. The van der Waals surface area contributed by atoms with E-state index in [1.54, 1.807) is 18.3 Å². The van der Waals surface area contributed by atoms with Crippen molar-refractivity contribution in [2.75, 3.05) is 0 Å². The summed E-state index contributed by atoms with van der Waals surface area (Å²) in [5.74, 6) is 0.244. The molecule has 1 N–H and O–H groups in total. The third-order valence-corrected chi connectivity index (χ3v) is 4.18. The number of phenolic OH excluding ortho intramolecular Hbond substituents is 1. The number of benzene rings is 3. The highest BCUT2D eigenvalue weighted by atomic mass is 16.3. The summed E-state index contributed by atoms with van der Waals surface area (Å²) in [4.78, 5) is 0. The van der Waals surface area contributed by atoms with Crippen molar-refractivity contribution in [3.63, 3.8) is 0 Å². The molecule has 3 heteroatoms. The maximum atomic E-state index is 9.33. The van der Waals surface area contributed by atoms with Crippen LogP contribution in [0.4, 0.5) is 0 Å². The Balaban J connectivity index is 1.75. The molecule has 0 radical (unpaired) electrons. The van der Waals surface area contributed by atoms with E-state index in [0.29, 0.717) is 0 Å². The topological polar surface area (TPSA) is 45.0 Å². The van der Waals surface area contributed by atoms with Crippen molar-refractivity contribution in [3.05, 3.63) is 101 Å². The molecule has 0 heterocycles. The third-order valence-electron chi connectivity index (χ3n) is 4.18. The van der Waals surface area contributed by atoms with Gasteiger partial charge in [0.1, 0.15) is 11.5 Å². The fourth-order valence-corrected chi connectivity index (χ4v) is 2.98. The van der Waals surface area contributed by atoms with Crippen LogP contribution in [0.2, 0.25) is 0 Å². The molecule has 0 fully saturated rings. The summed E-state index contributed by atoms with van der Waals surface area (Å²) in [6, 6.07) is 23.6. The third kappa shape index (κ3) is 2.72. The van der Waals surface area contributed by atoms with Crippen LogP contribution in [0.25, 0.3) is 0 Å². The lowest BCUT2D eigenvalue weighted by Gasteiger charge is -2.20. The van der Waals surface area contributed by atoms with E-state index in [-0.39, 0.29) is 5.75 Å². The summed E-state index contributed by atoms with van der Waals surface area (Å²) in [7, 11) is 0. The Morgan fingerprint density at radius 3 is 1.96 bits per heavy atom. The minimum absolute atomic E-state index is 0.244. The number of fused-ring (bicyclic) bond motifs is 2. The van der Waals surface area contributed by atoms with Crippen LogP contribution >= 0.6 is 0 Å². The first-order valence-electron chi connectivity index (χ1n) is 7.88. The van der Waals surface area contributed by atoms with Gasteiger partial charge in [0.15, 0.2) is 0 Å². The van der Waals surface area contributed by atoms with Gasteiger partial charge in [0, 0.05) is 11.1 Å². The van der Waals surface area contributed by atoms with E-state index in [1.165, 1.54) is 11.1 Å². The normalized spacial score (nSPS) is 12.8. The fourth-order valence-electron chi connectivity index (χ4n) is 2.98. The molecule has 0 bridgehead atoms. The second kappa shape index (κ2) is 6.13. The minimum atomic E-state index is 0.244. The molecule has 0 saturated carbocycles. The zero-order valence-corrected chi connectivity index (χ0v) is 13.1. The molecule has 0 atom stereocenters. The molecular weight excluding hydrogens is 296 g/mol. The van der Waals surface area contributed by atoms with Gasteiger partial charge in [-0.15, -0.1) is 5.10 Å². The van der Waals surface area contributed by atoms with Gasteiger partial charge in [0.25, 0.3) is 0 Å². The Bertz CT molecular complexity index is 893. The Kier molecular flexibility index (Phi) is 3.67. The quantitative estimate of drug-likeness (QED) is 0.438. The molecule has 0 aliphatic heterocycles. The van der Waals surface area contributed by atoms with Gasteiger partial charge in [-0.3, -0.25) is 0 Å². The summed E-state index contributed by atoms with van der Waals surface area (Å²) in [5, 5.41) is 18.1. The predicted octanol–water partition coefficient (Wildman–Crippen LogP) is 4.17. The standard InChI is InChI=1S/C21H16N2O/c24-18-11-9-15(10-12-18)14-22-23-21-19-7-3-1-5-16(19)13-17-6-2-4-8-20(17)21/h1-12,14,24H,13H2. The highest BCUT2D eigenvalue weighted by Gasteiger charge is 2.20. The van der Waals surface area contributed by atoms with Crippen LogP contribution < -0.4 is 0 Å². The van der Waals surface area contributed by atoms with Gasteiger partial charge in [-0.05, 0) is 47.4 Å². The van der Waals surface area contributed by atoms with E-state index in [0.717, 1.165) is 28.8 Å². The first-order valence-corrected chi connectivity index (χ1v) is 7.88. The van der Waals surface area contributed by atoms with E-state index < -0.39 is 0 Å². The molecular formula is C21H16N2O. The van der Waals surface area contributed by atoms with E-state index in [9.17, 15) is 5.11 Å². The van der Waals surface area contributed by atoms with Crippen LogP contribution in [0.15, 0.2) is 83.0 Å². The van der Waals surface area contributed by atoms with Crippen LogP contribution in [0.1, 0.15) is 27.8 Å². The van der Waals surface area contributed by atoms with E-state index >= 15 is 0 Å². The summed E-state index contributed by atoms with van der Waals surface area (Å²) in [6.07, 6.45) is 2.62. The van der Waals surface area contributed by atoms with Gasteiger partial charge in [-0.2, -0.15) is 5.10 Å². The molecule has 0 aromatic heterocycles. The maximum Gasteiger partial charge on any atom is 0.115 e. The van der Waals surface area contributed by atoms with Crippen molar-refractivity contribution >= 4 is 11.9 Å². The number of aromatic hydroxyl groups is 1. The van der Waals surface area contributed by atoms with Crippen LogP contribution in [0.3, 0.4) is 0 Å². The Morgan fingerprint density at radius 1 is 0.750 bits per heavy atom. The number of nitrogens with zero attached hydrogens (tertiary/aromatic N) is 2. The van der Waals surface area contributed by atoms with Crippen molar-refractivity contribution in [2.45, 2.75) is 6.42 Å². The second-order valence-electron chi connectivity index (χ2n) is 5.78. The van der Waals surface area contributed by atoms with Gasteiger partial charge in [-0.1, -0.05) is 48.5 Å². The van der Waals surface area contributed by atoms with Crippen molar-refractivity contribution < 1.29 is 5.11 Å². The highest BCUT2D eigenvalue weighted by molar-refractivity contribution is 6.16. The summed E-state index contributed by atoms with van der Waals surface area (Å²) in [6.45, 7) is 0. The molecule has 4 rings (SSSR count). The summed E-state index contributed by atoms with van der Waals surface area (Å²) < 4.78 is 0. The Labute approximate surface area is 140 Å². The second-order valence-corrected chi connectivity index (χ2v) is 5.78. The van der Waals surface area contributed by atoms with Crippen molar-refractivity contribution in [3.8, 4) is 5.75 Å². The van der Waals surface area contributed by atoms with E-state index in [4.69, 9.17) is 0 Å². The van der Waals surface area contributed by atoms with Crippen LogP contribution in [0.5, 0.6) is 5.75 Å². The van der Waals surface area contributed by atoms with Gasteiger partial charge in [0.05, 0.1) is 6.21 Å². The first kappa shape index (κ1) is 14.4. The van der Waals surface area contributed by atoms with Gasteiger partial charge in [0.2, 0.25) is 0 Å². The predicted molar refractivity (Wildman–Crippen MR) is 97.0 cm³/mol. The molecule has 1 aliphatic carbocycles. The zero-order valence-electron chi connectivity index (χ0n) is 13.1. The number of rotatable bonds is 2. The SMILES string of the molecule is Oc1ccc(C=NN=C2c3ccccc3Cc3ccccc32)cc1. The average molecular weight is 312 g/mol. The summed E-state index contributed by atoms with van der Waals surface area (Å²) >= 11 is 0. The Hall–Kier alpha value is -3.20. The van der Waals surface area contributed by atoms with Crippen LogP contribution in [0, 0.1) is 0 Å². The van der Waals surface area contributed by atoms with Crippen molar-refractivity contribution in [1.29, 1.82) is 0 Å². The zero-order chi connectivity index (χ0) is 16.4. The van der Waals surface area contributed by atoms with E-state index in [2.05, 4.69) is 46.6 Å². The van der Waals surface area contributed by atoms with Crippen molar-refractivity contribution in [1.82, 2.24) is 0 Å².